The van der Waals surface area contributed by atoms with E-state index in [1.165, 1.54) is 0 Å². The number of aromatic nitrogens is 1. The van der Waals surface area contributed by atoms with E-state index in [4.69, 9.17) is 16.3 Å². The molecule has 3 aromatic rings. The number of rotatable bonds is 5. The molecule has 0 amide bonds. The molecule has 0 fully saturated rings. The first-order valence-corrected chi connectivity index (χ1v) is 7.93. The van der Waals surface area contributed by atoms with Gasteiger partial charge in [0.25, 0.3) is 0 Å². The van der Waals surface area contributed by atoms with Crippen molar-refractivity contribution in [3.05, 3.63) is 81.0 Å². The Balaban J connectivity index is 2.22. The maximum atomic E-state index is 12.2. The largest absolute Gasteiger partial charge is 0.464 e. The van der Waals surface area contributed by atoms with Crippen LogP contribution in [0.1, 0.15) is 17.0 Å². The minimum absolute atomic E-state index is 0.511. The summed E-state index contributed by atoms with van der Waals surface area (Å²) < 4.78 is 4.69. The summed E-state index contributed by atoms with van der Waals surface area (Å²) in [6.07, 6.45) is 1.70. The van der Waals surface area contributed by atoms with E-state index in [0.29, 0.717) is 16.1 Å². The number of benzene rings is 2. The van der Waals surface area contributed by atoms with Crippen molar-refractivity contribution >= 4 is 28.5 Å². The van der Waals surface area contributed by atoms with Gasteiger partial charge >= 0.3 is 12.0 Å². The van der Waals surface area contributed by atoms with E-state index in [1.807, 2.05) is 24.3 Å². The standard InChI is InChI=1S/C18H15ClN2O4/c1-25-18(22)17(21(23)24)16(11-6-8-12(19)9-7-11)14-10-20-15-5-3-2-4-13(14)15/h2-10,16-17,20H,1H3/t16-,17+/m0/s1. The third-order valence-electron chi connectivity index (χ3n) is 4.17. The van der Waals surface area contributed by atoms with E-state index in [2.05, 4.69) is 4.98 Å². The molecule has 0 aliphatic heterocycles. The van der Waals surface area contributed by atoms with Crippen LogP contribution in [-0.2, 0) is 9.53 Å². The second-order valence-corrected chi connectivity index (χ2v) is 6.01. The average molecular weight is 359 g/mol. The molecule has 7 heteroatoms. The van der Waals surface area contributed by atoms with Gasteiger partial charge in [-0.05, 0) is 29.3 Å². The second-order valence-electron chi connectivity index (χ2n) is 5.57. The Hall–Kier alpha value is -2.86. The fourth-order valence-electron chi connectivity index (χ4n) is 3.02. The Kier molecular flexibility index (Phi) is 4.72. The number of nitrogens with one attached hydrogen (secondary N) is 1. The first-order valence-electron chi connectivity index (χ1n) is 7.55. The second kappa shape index (κ2) is 6.94. The third-order valence-corrected chi connectivity index (χ3v) is 4.42. The predicted molar refractivity (Wildman–Crippen MR) is 94.4 cm³/mol. The molecule has 25 heavy (non-hydrogen) atoms. The highest BCUT2D eigenvalue weighted by Gasteiger charge is 2.42. The molecule has 1 aromatic heterocycles. The van der Waals surface area contributed by atoms with E-state index < -0.39 is 22.9 Å². The van der Waals surface area contributed by atoms with E-state index in [9.17, 15) is 14.9 Å². The van der Waals surface area contributed by atoms with Crippen molar-refractivity contribution in [3.63, 3.8) is 0 Å². The van der Waals surface area contributed by atoms with Gasteiger partial charge < -0.3 is 9.72 Å². The highest BCUT2D eigenvalue weighted by atomic mass is 35.5. The van der Waals surface area contributed by atoms with Gasteiger partial charge in [0.2, 0.25) is 0 Å². The molecule has 2 aromatic carbocycles. The molecule has 6 nitrogen and oxygen atoms in total. The number of ether oxygens (including phenoxy) is 1. The van der Waals surface area contributed by atoms with Gasteiger partial charge in [0, 0.05) is 27.0 Å². The molecule has 0 spiro atoms. The van der Waals surface area contributed by atoms with Crippen LogP contribution in [0.4, 0.5) is 0 Å². The van der Waals surface area contributed by atoms with E-state index in [1.54, 1.807) is 30.5 Å². The number of hydrogen-bond donors (Lipinski definition) is 1. The first kappa shape index (κ1) is 17.0. The summed E-state index contributed by atoms with van der Waals surface area (Å²) in [5.41, 5.74) is 2.11. The molecule has 0 saturated carbocycles. The van der Waals surface area contributed by atoms with Crippen LogP contribution in [0, 0.1) is 10.1 Å². The van der Waals surface area contributed by atoms with Crippen LogP contribution in [0.5, 0.6) is 0 Å². The normalized spacial score (nSPS) is 13.4. The lowest BCUT2D eigenvalue weighted by atomic mass is 9.85. The lowest BCUT2D eigenvalue weighted by molar-refractivity contribution is -0.512. The fraction of sp³-hybridized carbons (Fsp3) is 0.167. The molecule has 0 saturated heterocycles. The van der Waals surface area contributed by atoms with Crippen LogP contribution in [0.2, 0.25) is 5.02 Å². The summed E-state index contributed by atoms with van der Waals surface area (Å²) in [7, 11) is 1.15. The number of para-hydroxylation sites is 1. The summed E-state index contributed by atoms with van der Waals surface area (Å²) in [5.74, 6) is -1.70. The molecule has 0 radical (unpaired) electrons. The van der Waals surface area contributed by atoms with E-state index in [0.717, 1.165) is 18.0 Å². The van der Waals surface area contributed by atoms with Crippen LogP contribution in [0.15, 0.2) is 54.7 Å². The number of H-pyrrole nitrogens is 1. The molecular weight excluding hydrogens is 344 g/mol. The summed E-state index contributed by atoms with van der Waals surface area (Å²) >= 11 is 5.94. The average Bonchev–Trinajstić information content (AvgIpc) is 3.03. The third kappa shape index (κ3) is 3.21. The number of aromatic amines is 1. The lowest BCUT2D eigenvalue weighted by Crippen LogP contribution is -2.37. The number of methoxy groups -OCH3 is 1. The molecule has 128 valence electrons. The quantitative estimate of drug-likeness (QED) is 0.427. The minimum atomic E-state index is -1.56. The smallest absolute Gasteiger partial charge is 0.382 e. The molecule has 0 bridgehead atoms. The van der Waals surface area contributed by atoms with Gasteiger partial charge in [-0.25, -0.2) is 4.79 Å². The van der Waals surface area contributed by atoms with Crippen LogP contribution in [-0.4, -0.2) is 29.0 Å². The maximum Gasteiger partial charge on any atom is 0.382 e. The predicted octanol–water partition coefficient (Wildman–Crippen LogP) is 3.77. The minimum Gasteiger partial charge on any atom is -0.464 e. The summed E-state index contributed by atoms with van der Waals surface area (Å²) in [4.78, 5) is 26.3. The van der Waals surface area contributed by atoms with Crippen molar-refractivity contribution < 1.29 is 14.5 Å². The number of fused-ring (bicyclic) bond motifs is 1. The zero-order chi connectivity index (χ0) is 18.0. The Morgan fingerprint density at radius 2 is 1.88 bits per heavy atom. The molecule has 0 unspecified atom stereocenters. The Bertz CT molecular complexity index is 920. The van der Waals surface area contributed by atoms with Crippen LogP contribution in [0.3, 0.4) is 0 Å². The van der Waals surface area contributed by atoms with Gasteiger partial charge in [0.05, 0.1) is 13.0 Å². The van der Waals surface area contributed by atoms with Gasteiger partial charge in [0.1, 0.15) is 0 Å². The highest BCUT2D eigenvalue weighted by molar-refractivity contribution is 6.30. The Morgan fingerprint density at radius 1 is 1.20 bits per heavy atom. The summed E-state index contributed by atoms with van der Waals surface area (Å²) in [6, 6.07) is 12.5. The number of nitro groups is 1. The van der Waals surface area contributed by atoms with Gasteiger partial charge in [-0.15, -0.1) is 0 Å². The summed E-state index contributed by atoms with van der Waals surface area (Å²) in [6.45, 7) is 0. The SMILES string of the molecule is COC(=O)[C@@H]([C@@H](c1ccc(Cl)cc1)c1c[nH]c2ccccc12)[N+](=O)[O-]. The Labute approximate surface area is 148 Å². The maximum absolute atomic E-state index is 12.2. The number of carbonyl (C=O) groups is 1. The van der Waals surface area contributed by atoms with Gasteiger partial charge in [-0.1, -0.05) is 41.9 Å². The van der Waals surface area contributed by atoms with Gasteiger partial charge in [-0.3, -0.25) is 10.1 Å². The molecule has 1 N–H and O–H groups in total. The van der Waals surface area contributed by atoms with E-state index in [-0.39, 0.29) is 0 Å². The fourth-order valence-corrected chi connectivity index (χ4v) is 3.14. The molecule has 1 heterocycles. The van der Waals surface area contributed by atoms with Crippen LogP contribution >= 0.6 is 11.6 Å². The number of nitrogens with zero attached hydrogens (tertiary/aromatic N) is 1. The zero-order valence-corrected chi connectivity index (χ0v) is 14.1. The van der Waals surface area contributed by atoms with Crippen LogP contribution < -0.4 is 0 Å². The number of carbonyl (C=O) groups excluding carboxylic acids is 1. The highest BCUT2D eigenvalue weighted by Crippen LogP contribution is 2.35. The van der Waals surface area contributed by atoms with E-state index >= 15 is 0 Å². The molecule has 3 rings (SSSR count). The molecule has 2 atom stereocenters. The number of esters is 1. The van der Waals surface area contributed by atoms with Crippen LogP contribution in [0.25, 0.3) is 10.9 Å². The molecule has 0 aliphatic rings. The Morgan fingerprint density at radius 3 is 2.52 bits per heavy atom. The van der Waals surface area contributed by atoms with Crippen molar-refractivity contribution in [2.75, 3.05) is 7.11 Å². The molecule has 0 aliphatic carbocycles. The number of hydrogen-bond acceptors (Lipinski definition) is 4. The van der Waals surface area contributed by atoms with Gasteiger partial charge in [-0.2, -0.15) is 0 Å². The van der Waals surface area contributed by atoms with Crippen molar-refractivity contribution in [3.8, 4) is 0 Å². The molecular formula is C18H15ClN2O4. The van der Waals surface area contributed by atoms with Crippen molar-refractivity contribution in [2.24, 2.45) is 0 Å². The number of halogens is 1. The van der Waals surface area contributed by atoms with Crippen molar-refractivity contribution in [2.45, 2.75) is 12.0 Å². The summed E-state index contributed by atoms with van der Waals surface area (Å²) in [5, 5.41) is 13.0. The van der Waals surface area contributed by atoms with Crippen molar-refractivity contribution in [1.29, 1.82) is 0 Å². The van der Waals surface area contributed by atoms with Gasteiger partial charge in [0.15, 0.2) is 0 Å². The monoisotopic (exact) mass is 358 g/mol. The zero-order valence-electron chi connectivity index (χ0n) is 13.3. The van der Waals surface area contributed by atoms with Crippen molar-refractivity contribution in [1.82, 2.24) is 4.98 Å². The first-order chi connectivity index (χ1) is 12.0. The topological polar surface area (TPSA) is 85.2 Å². The lowest BCUT2D eigenvalue weighted by Gasteiger charge is -2.20.